The molecule has 8 nitrogen and oxygen atoms in total. The van der Waals surface area contributed by atoms with Gasteiger partial charge in [-0.25, -0.2) is 4.79 Å². The lowest BCUT2D eigenvalue weighted by Crippen LogP contribution is -2.10. The molecule has 3 rings (SSSR count). The molecule has 0 spiro atoms. The van der Waals surface area contributed by atoms with Gasteiger partial charge in [0.05, 0.1) is 11.6 Å². The van der Waals surface area contributed by atoms with E-state index in [-0.39, 0.29) is 18.9 Å². The Bertz CT molecular complexity index is 1060. The maximum Gasteiger partial charge on any atom is 0.338 e. The average molecular weight is 404 g/mol. The topological polar surface area (TPSA) is 118 Å². The Kier molecular flexibility index (Phi) is 6.55. The van der Waals surface area contributed by atoms with Crippen LogP contribution < -0.4 is 5.32 Å². The SMILES string of the molecule is CC(C)c1ccc(-c2noc(COC(=O)c3ccc(NC(=O)CC#N)cc3)n2)cc1. The molecular weight excluding hydrogens is 384 g/mol. The van der Waals surface area contributed by atoms with E-state index in [1.165, 1.54) is 17.7 Å². The van der Waals surface area contributed by atoms with E-state index < -0.39 is 11.9 Å². The molecule has 1 N–H and O–H groups in total. The molecule has 152 valence electrons. The van der Waals surface area contributed by atoms with E-state index in [2.05, 4.69) is 29.3 Å². The van der Waals surface area contributed by atoms with E-state index >= 15 is 0 Å². The molecule has 1 amide bonds. The zero-order chi connectivity index (χ0) is 21.5. The van der Waals surface area contributed by atoms with Crippen molar-refractivity contribution < 1.29 is 18.8 Å². The van der Waals surface area contributed by atoms with E-state index in [1.54, 1.807) is 18.2 Å². The van der Waals surface area contributed by atoms with Gasteiger partial charge in [-0.3, -0.25) is 4.79 Å². The first-order valence-electron chi connectivity index (χ1n) is 9.33. The number of benzene rings is 2. The Hall–Kier alpha value is -3.99. The molecular formula is C22H20N4O4. The lowest BCUT2D eigenvalue weighted by atomic mass is 10.0. The normalized spacial score (nSPS) is 10.5. The minimum atomic E-state index is -0.564. The molecule has 0 saturated heterocycles. The molecule has 3 aromatic rings. The van der Waals surface area contributed by atoms with Gasteiger partial charge in [0.15, 0.2) is 6.61 Å². The number of anilines is 1. The number of aromatic nitrogens is 2. The van der Waals surface area contributed by atoms with Crippen LogP contribution in [-0.4, -0.2) is 22.0 Å². The van der Waals surface area contributed by atoms with Crippen molar-refractivity contribution >= 4 is 17.6 Å². The minimum absolute atomic E-state index is 0.156. The number of hydrogen-bond donors (Lipinski definition) is 1. The van der Waals surface area contributed by atoms with Crippen molar-refractivity contribution in [3.63, 3.8) is 0 Å². The predicted octanol–water partition coefficient (Wildman–Crippen LogP) is 4.07. The molecule has 0 saturated carbocycles. The molecule has 0 aliphatic rings. The number of nitrogens with zero attached hydrogens (tertiary/aromatic N) is 3. The fraction of sp³-hybridized carbons (Fsp3) is 0.227. The highest BCUT2D eigenvalue weighted by Crippen LogP contribution is 2.21. The summed E-state index contributed by atoms with van der Waals surface area (Å²) in [7, 11) is 0. The fourth-order valence-corrected chi connectivity index (χ4v) is 2.63. The van der Waals surface area contributed by atoms with Crippen molar-refractivity contribution in [3.8, 4) is 17.5 Å². The van der Waals surface area contributed by atoms with E-state index in [0.717, 1.165) is 5.56 Å². The second kappa shape index (κ2) is 9.47. The van der Waals surface area contributed by atoms with Crippen LogP contribution in [0.25, 0.3) is 11.4 Å². The zero-order valence-corrected chi connectivity index (χ0v) is 16.6. The first-order chi connectivity index (χ1) is 14.5. The van der Waals surface area contributed by atoms with Gasteiger partial charge >= 0.3 is 5.97 Å². The highest BCUT2D eigenvalue weighted by Gasteiger charge is 2.13. The molecule has 0 fully saturated rings. The van der Waals surface area contributed by atoms with Gasteiger partial charge in [-0.05, 0) is 35.7 Å². The Morgan fingerprint density at radius 1 is 1.13 bits per heavy atom. The fourth-order valence-electron chi connectivity index (χ4n) is 2.63. The Labute approximate surface area is 173 Å². The Balaban J connectivity index is 1.56. The summed E-state index contributed by atoms with van der Waals surface area (Å²) in [4.78, 5) is 27.8. The van der Waals surface area contributed by atoms with Gasteiger partial charge in [0.25, 0.3) is 5.89 Å². The number of rotatable bonds is 7. The first kappa shape index (κ1) is 20.7. The molecule has 8 heteroatoms. The summed E-state index contributed by atoms with van der Waals surface area (Å²) in [6.07, 6.45) is -0.238. The number of carbonyl (C=O) groups excluding carboxylic acids is 2. The van der Waals surface area contributed by atoms with Crippen molar-refractivity contribution in [2.24, 2.45) is 0 Å². The molecule has 30 heavy (non-hydrogen) atoms. The summed E-state index contributed by atoms with van der Waals surface area (Å²) in [6.45, 7) is 4.08. The van der Waals surface area contributed by atoms with E-state index in [0.29, 0.717) is 23.0 Å². The summed E-state index contributed by atoms with van der Waals surface area (Å²) in [6, 6.07) is 15.8. The summed E-state index contributed by atoms with van der Waals surface area (Å²) < 4.78 is 10.4. The summed E-state index contributed by atoms with van der Waals surface area (Å²) in [5.74, 6) is 0.0625. The number of nitrogens with one attached hydrogen (secondary N) is 1. The third-order valence-electron chi connectivity index (χ3n) is 4.27. The third kappa shape index (κ3) is 5.29. The first-order valence-corrected chi connectivity index (χ1v) is 9.33. The van der Waals surface area contributed by atoms with Crippen LogP contribution in [0.3, 0.4) is 0 Å². The molecule has 0 bridgehead atoms. The van der Waals surface area contributed by atoms with Crippen LogP contribution in [0.1, 0.15) is 48.0 Å². The zero-order valence-electron chi connectivity index (χ0n) is 16.6. The molecule has 0 aliphatic carbocycles. The minimum Gasteiger partial charge on any atom is -0.452 e. The van der Waals surface area contributed by atoms with Crippen LogP contribution in [-0.2, 0) is 16.1 Å². The lowest BCUT2D eigenvalue weighted by molar-refractivity contribution is -0.115. The van der Waals surface area contributed by atoms with Crippen LogP contribution in [0.15, 0.2) is 53.1 Å². The van der Waals surface area contributed by atoms with Crippen LogP contribution in [0, 0.1) is 11.3 Å². The van der Waals surface area contributed by atoms with Crippen LogP contribution in [0.4, 0.5) is 5.69 Å². The molecule has 1 heterocycles. The number of ether oxygens (including phenoxy) is 1. The third-order valence-corrected chi connectivity index (χ3v) is 4.27. The number of nitriles is 1. The maximum absolute atomic E-state index is 12.2. The second-order valence-corrected chi connectivity index (χ2v) is 6.82. The van der Waals surface area contributed by atoms with Crippen LogP contribution in [0.2, 0.25) is 0 Å². The standard InChI is InChI=1S/C22H20N4O4/c1-14(2)15-3-5-16(6-4-15)21-25-20(30-26-21)13-29-22(28)17-7-9-18(10-8-17)24-19(27)11-12-23/h3-10,14H,11,13H2,1-2H3,(H,24,27). The number of amides is 1. The Morgan fingerprint density at radius 2 is 1.83 bits per heavy atom. The molecule has 2 aromatic carbocycles. The van der Waals surface area contributed by atoms with Crippen LogP contribution in [0.5, 0.6) is 0 Å². The highest BCUT2D eigenvalue weighted by molar-refractivity contribution is 5.93. The van der Waals surface area contributed by atoms with Gasteiger partial charge in [0, 0.05) is 11.3 Å². The smallest absolute Gasteiger partial charge is 0.338 e. The van der Waals surface area contributed by atoms with Crippen molar-refractivity contribution in [1.82, 2.24) is 10.1 Å². The monoisotopic (exact) mass is 404 g/mol. The molecule has 0 atom stereocenters. The van der Waals surface area contributed by atoms with Crippen molar-refractivity contribution in [2.75, 3.05) is 5.32 Å². The van der Waals surface area contributed by atoms with E-state index in [4.69, 9.17) is 14.5 Å². The van der Waals surface area contributed by atoms with Gasteiger partial charge in [-0.15, -0.1) is 0 Å². The second-order valence-electron chi connectivity index (χ2n) is 6.82. The molecule has 0 aliphatic heterocycles. The average Bonchev–Trinajstić information content (AvgIpc) is 3.22. The maximum atomic E-state index is 12.2. The number of esters is 1. The van der Waals surface area contributed by atoms with Crippen molar-refractivity contribution in [1.29, 1.82) is 5.26 Å². The Morgan fingerprint density at radius 3 is 2.47 bits per heavy atom. The van der Waals surface area contributed by atoms with E-state index in [9.17, 15) is 9.59 Å². The summed E-state index contributed by atoms with van der Waals surface area (Å²) >= 11 is 0. The number of carbonyl (C=O) groups is 2. The predicted molar refractivity (Wildman–Crippen MR) is 108 cm³/mol. The quantitative estimate of drug-likeness (QED) is 0.590. The van der Waals surface area contributed by atoms with Gasteiger partial charge in [-0.2, -0.15) is 10.2 Å². The van der Waals surface area contributed by atoms with Crippen molar-refractivity contribution in [3.05, 3.63) is 65.5 Å². The van der Waals surface area contributed by atoms with E-state index in [1.807, 2.05) is 24.3 Å². The molecule has 0 unspecified atom stereocenters. The number of hydrogen-bond acceptors (Lipinski definition) is 7. The van der Waals surface area contributed by atoms with Gasteiger partial charge in [0.1, 0.15) is 6.42 Å². The molecule has 1 aromatic heterocycles. The lowest BCUT2D eigenvalue weighted by Gasteiger charge is -2.05. The van der Waals surface area contributed by atoms with Gasteiger partial charge in [0.2, 0.25) is 11.7 Å². The van der Waals surface area contributed by atoms with Gasteiger partial charge in [-0.1, -0.05) is 43.3 Å². The summed E-state index contributed by atoms with van der Waals surface area (Å²) in [5, 5.41) is 15.0. The largest absolute Gasteiger partial charge is 0.452 e. The summed E-state index contributed by atoms with van der Waals surface area (Å²) in [5.41, 5.74) is 2.82. The highest BCUT2D eigenvalue weighted by atomic mass is 16.6. The van der Waals surface area contributed by atoms with Crippen molar-refractivity contribution in [2.45, 2.75) is 32.8 Å². The van der Waals surface area contributed by atoms with Gasteiger partial charge < -0.3 is 14.6 Å². The van der Waals surface area contributed by atoms with Crippen LogP contribution >= 0.6 is 0 Å². The molecule has 0 radical (unpaired) electrons.